The van der Waals surface area contributed by atoms with E-state index in [1.807, 2.05) is 0 Å². The molecule has 1 saturated heterocycles. The molecule has 0 aliphatic carbocycles. The lowest BCUT2D eigenvalue weighted by atomic mass is 10.1. The molecule has 2 heterocycles. The molecular weight excluding hydrogens is 390 g/mol. The minimum absolute atomic E-state index is 0.00250. The summed E-state index contributed by atoms with van der Waals surface area (Å²) in [4.78, 5) is 40.1. The summed E-state index contributed by atoms with van der Waals surface area (Å²) in [6.07, 6.45) is -0.955. The summed E-state index contributed by atoms with van der Waals surface area (Å²) < 4.78 is 26.7. The molecule has 0 spiro atoms. The maximum absolute atomic E-state index is 12.0. The standard InChI is InChI=1S/C16H23N5O8/c1-10-8-21(15(23)18-14(10)22)13-7-11(19-20-17)12(29-13)9-28-16(24)27-6-5-26-4-3-25-2/h8,11-13H,3-7,9H2,1-2H3,(H,18,22,23)/t11-,12+,13+/m0/s1. The SMILES string of the molecule is COCCOCCOC(=O)OC[C@H]1O[C@@H](n2cc(C)c(=O)[nH]c2=O)C[C@@H]1N=[N+]=[N-]. The lowest BCUT2D eigenvalue weighted by molar-refractivity contribution is -0.0453. The van der Waals surface area contributed by atoms with Crippen LogP contribution in [0.3, 0.4) is 0 Å². The van der Waals surface area contributed by atoms with Crippen molar-refractivity contribution >= 4 is 6.16 Å². The number of aromatic nitrogens is 2. The molecular formula is C16H23N5O8. The highest BCUT2D eigenvalue weighted by Crippen LogP contribution is 2.30. The van der Waals surface area contributed by atoms with Crippen molar-refractivity contribution in [1.82, 2.24) is 9.55 Å². The molecule has 0 amide bonds. The van der Waals surface area contributed by atoms with Gasteiger partial charge in [0.2, 0.25) is 0 Å². The number of carbonyl (C=O) groups is 1. The zero-order chi connectivity index (χ0) is 21.2. The second-order valence-corrected chi connectivity index (χ2v) is 6.13. The van der Waals surface area contributed by atoms with Gasteiger partial charge >= 0.3 is 11.8 Å². The van der Waals surface area contributed by atoms with Crippen LogP contribution < -0.4 is 11.2 Å². The first kappa shape index (κ1) is 22.4. The van der Waals surface area contributed by atoms with E-state index in [9.17, 15) is 14.4 Å². The maximum Gasteiger partial charge on any atom is 0.508 e. The van der Waals surface area contributed by atoms with Crippen molar-refractivity contribution in [3.05, 3.63) is 43.0 Å². The van der Waals surface area contributed by atoms with E-state index in [0.717, 1.165) is 0 Å². The highest BCUT2D eigenvalue weighted by molar-refractivity contribution is 5.59. The fraction of sp³-hybridized carbons (Fsp3) is 0.688. The fourth-order valence-electron chi connectivity index (χ4n) is 2.64. The van der Waals surface area contributed by atoms with Crippen LogP contribution >= 0.6 is 0 Å². The first-order valence-electron chi connectivity index (χ1n) is 8.84. The molecule has 0 saturated carbocycles. The summed E-state index contributed by atoms with van der Waals surface area (Å²) in [5, 5.41) is 3.64. The average Bonchev–Trinajstić information content (AvgIpc) is 3.08. The van der Waals surface area contributed by atoms with Gasteiger partial charge in [0.1, 0.15) is 25.5 Å². The Labute approximate surface area is 165 Å². The van der Waals surface area contributed by atoms with Gasteiger partial charge in [0, 0.05) is 30.2 Å². The minimum Gasteiger partial charge on any atom is -0.432 e. The second kappa shape index (κ2) is 11.2. The summed E-state index contributed by atoms with van der Waals surface area (Å²) in [6, 6.07) is -0.672. The summed E-state index contributed by atoms with van der Waals surface area (Å²) in [5.74, 6) is 0. The third kappa shape index (κ3) is 6.61. The fourth-order valence-corrected chi connectivity index (χ4v) is 2.64. The van der Waals surface area contributed by atoms with E-state index in [0.29, 0.717) is 18.8 Å². The van der Waals surface area contributed by atoms with Crippen LogP contribution in [-0.4, -0.2) is 68.0 Å². The van der Waals surface area contributed by atoms with E-state index in [4.69, 9.17) is 29.2 Å². The summed E-state index contributed by atoms with van der Waals surface area (Å²) >= 11 is 0. The van der Waals surface area contributed by atoms with Gasteiger partial charge in [-0.3, -0.25) is 14.3 Å². The van der Waals surface area contributed by atoms with Gasteiger partial charge in [-0.15, -0.1) is 0 Å². The Balaban J connectivity index is 1.89. The molecule has 1 aliphatic rings. The lowest BCUT2D eigenvalue weighted by Gasteiger charge is -2.16. The van der Waals surface area contributed by atoms with Crippen LogP contribution in [0.4, 0.5) is 4.79 Å². The molecule has 13 heteroatoms. The number of aryl methyl sites for hydroxylation is 1. The third-order valence-corrected chi connectivity index (χ3v) is 4.11. The number of azide groups is 1. The van der Waals surface area contributed by atoms with Gasteiger partial charge in [0.25, 0.3) is 5.56 Å². The van der Waals surface area contributed by atoms with E-state index in [1.54, 1.807) is 14.0 Å². The van der Waals surface area contributed by atoms with E-state index >= 15 is 0 Å². The molecule has 0 radical (unpaired) electrons. The first-order chi connectivity index (χ1) is 14.0. The monoisotopic (exact) mass is 413 g/mol. The highest BCUT2D eigenvalue weighted by Gasteiger charge is 2.37. The number of nitrogens with one attached hydrogen (secondary N) is 1. The van der Waals surface area contributed by atoms with Gasteiger partial charge in [-0.1, -0.05) is 5.11 Å². The predicted octanol–water partition coefficient (Wildman–Crippen LogP) is 0.628. The average molecular weight is 413 g/mol. The number of rotatable bonds is 10. The molecule has 3 atom stereocenters. The van der Waals surface area contributed by atoms with Crippen LogP contribution in [-0.2, 0) is 23.7 Å². The van der Waals surface area contributed by atoms with Crippen molar-refractivity contribution in [3.8, 4) is 0 Å². The molecule has 0 unspecified atom stereocenters. The van der Waals surface area contributed by atoms with Crippen LogP contribution in [0, 0.1) is 6.92 Å². The maximum atomic E-state index is 12.0. The molecule has 2 rings (SSSR count). The number of nitrogens with zero attached hydrogens (tertiary/aromatic N) is 4. The van der Waals surface area contributed by atoms with Crippen molar-refractivity contribution in [2.24, 2.45) is 5.11 Å². The molecule has 160 valence electrons. The normalized spacial score (nSPS) is 20.8. The Morgan fingerprint density at radius 2 is 2.10 bits per heavy atom. The molecule has 29 heavy (non-hydrogen) atoms. The number of ether oxygens (including phenoxy) is 5. The van der Waals surface area contributed by atoms with Crippen molar-refractivity contribution in [3.63, 3.8) is 0 Å². The van der Waals surface area contributed by atoms with Gasteiger partial charge < -0.3 is 23.7 Å². The number of H-pyrrole nitrogens is 1. The largest absolute Gasteiger partial charge is 0.508 e. The van der Waals surface area contributed by atoms with E-state index in [2.05, 4.69) is 15.0 Å². The van der Waals surface area contributed by atoms with Gasteiger partial charge in [0.15, 0.2) is 0 Å². The molecule has 1 fully saturated rings. The van der Waals surface area contributed by atoms with Crippen molar-refractivity contribution in [2.75, 3.05) is 40.1 Å². The van der Waals surface area contributed by atoms with Gasteiger partial charge in [-0.25, -0.2) is 9.59 Å². The molecule has 1 N–H and O–H groups in total. The number of hydrogen-bond donors (Lipinski definition) is 1. The Morgan fingerprint density at radius 3 is 2.83 bits per heavy atom. The third-order valence-electron chi connectivity index (χ3n) is 4.11. The minimum atomic E-state index is -0.927. The van der Waals surface area contributed by atoms with Gasteiger partial charge in [-0.2, -0.15) is 0 Å². The molecule has 1 aromatic rings. The number of hydrogen-bond acceptors (Lipinski definition) is 9. The quantitative estimate of drug-likeness (QED) is 0.191. The van der Waals surface area contributed by atoms with Crippen LogP contribution in [0.5, 0.6) is 0 Å². The number of aromatic amines is 1. The molecule has 13 nitrogen and oxygen atoms in total. The Bertz CT molecular complexity index is 846. The summed E-state index contributed by atoms with van der Waals surface area (Å²) in [7, 11) is 1.55. The van der Waals surface area contributed by atoms with Crippen LogP contribution in [0.25, 0.3) is 10.4 Å². The Hall–Kier alpha value is -2.86. The van der Waals surface area contributed by atoms with Crippen LogP contribution in [0.1, 0.15) is 18.2 Å². The summed E-state index contributed by atoms with van der Waals surface area (Å²) in [5.41, 5.74) is 7.93. The zero-order valence-electron chi connectivity index (χ0n) is 16.1. The van der Waals surface area contributed by atoms with Gasteiger partial charge in [-0.05, 0) is 12.5 Å². The van der Waals surface area contributed by atoms with Crippen molar-refractivity contribution in [1.29, 1.82) is 0 Å². The van der Waals surface area contributed by atoms with Crippen molar-refractivity contribution in [2.45, 2.75) is 31.7 Å². The van der Waals surface area contributed by atoms with Gasteiger partial charge in [0.05, 0.1) is 25.9 Å². The first-order valence-corrected chi connectivity index (χ1v) is 8.84. The lowest BCUT2D eigenvalue weighted by Crippen LogP contribution is -2.33. The molecule has 0 bridgehead atoms. The van der Waals surface area contributed by atoms with E-state index in [1.165, 1.54) is 10.8 Å². The number of carbonyl (C=O) groups excluding carboxylic acids is 1. The predicted molar refractivity (Wildman–Crippen MR) is 97.5 cm³/mol. The topological polar surface area (TPSA) is 167 Å². The zero-order valence-corrected chi connectivity index (χ0v) is 16.1. The summed E-state index contributed by atoms with van der Waals surface area (Å²) in [6.45, 7) is 2.32. The number of methoxy groups -OCH3 is 1. The van der Waals surface area contributed by atoms with Crippen LogP contribution in [0.2, 0.25) is 0 Å². The molecule has 1 aromatic heterocycles. The molecule has 0 aromatic carbocycles. The second-order valence-electron chi connectivity index (χ2n) is 6.13. The Morgan fingerprint density at radius 1 is 1.34 bits per heavy atom. The highest BCUT2D eigenvalue weighted by atomic mass is 16.7. The van der Waals surface area contributed by atoms with Crippen molar-refractivity contribution < 1.29 is 28.5 Å². The van der Waals surface area contributed by atoms with Crippen LogP contribution in [0.15, 0.2) is 20.9 Å². The van der Waals surface area contributed by atoms with E-state index in [-0.39, 0.29) is 26.2 Å². The van der Waals surface area contributed by atoms with E-state index < -0.39 is 35.8 Å². The smallest absolute Gasteiger partial charge is 0.432 e. The Kier molecular flexibility index (Phi) is 8.68. The molecule has 1 aliphatic heterocycles.